The summed E-state index contributed by atoms with van der Waals surface area (Å²) >= 11 is 0. The first-order chi connectivity index (χ1) is 10.3. The van der Waals surface area contributed by atoms with Crippen molar-refractivity contribution >= 4 is 11.6 Å². The summed E-state index contributed by atoms with van der Waals surface area (Å²) in [6.07, 6.45) is 8.31. The Morgan fingerprint density at radius 1 is 1.05 bits per heavy atom. The van der Waals surface area contributed by atoms with Crippen molar-refractivity contribution < 1.29 is 4.79 Å². The Morgan fingerprint density at radius 2 is 1.76 bits per heavy atom. The second-order valence-electron chi connectivity index (χ2n) is 6.38. The molecule has 0 bridgehead atoms. The van der Waals surface area contributed by atoms with Gasteiger partial charge in [0.1, 0.15) is 0 Å². The highest BCUT2D eigenvalue weighted by Crippen LogP contribution is 2.26. The van der Waals surface area contributed by atoms with Gasteiger partial charge < -0.3 is 10.2 Å². The molecule has 1 aliphatic carbocycles. The van der Waals surface area contributed by atoms with Crippen LogP contribution in [0.15, 0.2) is 24.3 Å². The van der Waals surface area contributed by atoms with Gasteiger partial charge in [-0.3, -0.25) is 4.79 Å². The molecule has 3 nitrogen and oxygen atoms in total. The number of nitrogens with one attached hydrogen (secondary N) is 1. The van der Waals surface area contributed by atoms with E-state index in [0.29, 0.717) is 5.92 Å². The molecule has 1 aromatic carbocycles. The third kappa shape index (κ3) is 3.78. The molecule has 114 valence electrons. The van der Waals surface area contributed by atoms with Crippen LogP contribution >= 0.6 is 0 Å². The Hall–Kier alpha value is -1.51. The first-order valence-electron chi connectivity index (χ1n) is 8.44. The van der Waals surface area contributed by atoms with E-state index in [1.807, 2.05) is 0 Å². The zero-order valence-corrected chi connectivity index (χ0v) is 12.8. The lowest BCUT2D eigenvalue weighted by Gasteiger charge is -2.28. The van der Waals surface area contributed by atoms with Crippen LogP contribution in [0.5, 0.6) is 0 Å². The van der Waals surface area contributed by atoms with Gasteiger partial charge in [0.15, 0.2) is 0 Å². The number of anilines is 1. The minimum absolute atomic E-state index is 0.256. The molecule has 1 heterocycles. The normalized spacial score (nSPS) is 19.1. The van der Waals surface area contributed by atoms with Crippen LogP contribution in [0.25, 0.3) is 0 Å². The van der Waals surface area contributed by atoms with Gasteiger partial charge in [0, 0.05) is 31.2 Å². The molecule has 1 N–H and O–H groups in total. The largest absolute Gasteiger partial charge is 0.372 e. The predicted molar refractivity (Wildman–Crippen MR) is 86.6 cm³/mol. The summed E-state index contributed by atoms with van der Waals surface area (Å²) in [5.74, 6) is 0.553. The zero-order valence-electron chi connectivity index (χ0n) is 12.8. The zero-order chi connectivity index (χ0) is 14.5. The highest BCUT2D eigenvalue weighted by Gasteiger charge is 2.24. The highest BCUT2D eigenvalue weighted by atomic mass is 16.1. The molecule has 1 saturated carbocycles. The van der Waals surface area contributed by atoms with Gasteiger partial charge in [-0.05, 0) is 56.2 Å². The lowest BCUT2D eigenvalue weighted by atomic mass is 9.85. The van der Waals surface area contributed by atoms with Gasteiger partial charge in [-0.15, -0.1) is 0 Å². The number of carbonyl (C=O) groups is 1. The Labute approximate surface area is 127 Å². The van der Waals surface area contributed by atoms with E-state index in [4.69, 9.17) is 0 Å². The second-order valence-corrected chi connectivity index (χ2v) is 6.38. The Balaban J connectivity index is 1.44. The third-order valence-corrected chi connectivity index (χ3v) is 4.85. The maximum absolute atomic E-state index is 11.8. The molecule has 0 unspecified atom stereocenters. The number of carbonyl (C=O) groups excluding carboxylic acids is 1. The molecule has 3 heteroatoms. The Kier molecular flexibility index (Phi) is 4.79. The quantitative estimate of drug-likeness (QED) is 0.902. The smallest absolute Gasteiger partial charge is 0.223 e. The number of benzene rings is 1. The van der Waals surface area contributed by atoms with E-state index in [9.17, 15) is 4.79 Å². The molecule has 0 radical (unpaired) electrons. The summed E-state index contributed by atoms with van der Waals surface area (Å²) in [6, 6.07) is 8.88. The van der Waals surface area contributed by atoms with E-state index in [2.05, 4.69) is 34.5 Å². The number of rotatable bonds is 5. The van der Waals surface area contributed by atoms with Crippen LogP contribution in [0.2, 0.25) is 0 Å². The van der Waals surface area contributed by atoms with Crippen molar-refractivity contribution in [2.45, 2.75) is 44.9 Å². The molecule has 1 saturated heterocycles. The fraction of sp³-hybridized carbons (Fsp3) is 0.611. The van der Waals surface area contributed by atoms with Gasteiger partial charge in [-0.1, -0.05) is 18.6 Å². The SMILES string of the molecule is O=C(NCCc1ccc(N2CCCCC2)cc1)C1CCC1. The van der Waals surface area contributed by atoms with Gasteiger partial charge in [0.2, 0.25) is 5.91 Å². The van der Waals surface area contributed by atoms with Crippen LogP contribution in [0.4, 0.5) is 5.69 Å². The molecule has 0 spiro atoms. The van der Waals surface area contributed by atoms with Gasteiger partial charge >= 0.3 is 0 Å². The summed E-state index contributed by atoms with van der Waals surface area (Å²) in [6.45, 7) is 3.14. The van der Waals surface area contributed by atoms with Crippen LogP contribution in [0.1, 0.15) is 44.1 Å². The Bertz CT molecular complexity index is 459. The molecule has 3 rings (SSSR count). The van der Waals surface area contributed by atoms with Crippen molar-refractivity contribution in [1.82, 2.24) is 5.32 Å². The van der Waals surface area contributed by atoms with E-state index in [1.165, 1.54) is 50.0 Å². The Morgan fingerprint density at radius 3 is 2.38 bits per heavy atom. The number of piperidine rings is 1. The maximum Gasteiger partial charge on any atom is 0.223 e. The van der Waals surface area contributed by atoms with Gasteiger partial charge in [-0.25, -0.2) is 0 Å². The van der Waals surface area contributed by atoms with Crippen molar-refractivity contribution in [2.24, 2.45) is 5.92 Å². The monoisotopic (exact) mass is 286 g/mol. The summed E-state index contributed by atoms with van der Waals surface area (Å²) in [7, 11) is 0. The average molecular weight is 286 g/mol. The molecule has 1 aliphatic heterocycles. The minimum atomic E-state index is 0.256. The van der Waals surface area contributed by atoms with E-state index in [-0.39, 0.29) is 5.91 Å². The van der Waals surface area contributed by atoms with Gasteiger partial charge in [-0.2, -0.15) is 0 Å². The molecule has 2 fully saturated rings. The fourth-order valence-corrected chi connectivity index (χ4v) is 3.17. The van der Waals surface area contributed by atoms with Gasteiger partial charge in [0.05, 0.1) is 0 Å². The molecular formula is C18H26N2O. The van der Waals surface area contributed by atoms with Crippen molar-refractivity contribution in [3.63, 3.8) is 0 Å². The van der Waals surface area contributed by atoms with Crippen molar-refractivity contribution in [2.75, 3.05) is 24.5 Å². The van der Waals surface area contributed by atoms with Crippen molar-refractivity contribution in [1.29, 1.82) is 0 Å². The average Bonchev–Trinajstić information content (AvgIpc) is 2.47. The van der Waals surface area contributed by atoms with Crippen LogP contribution in [-0.4, -0.2) is 25.5 Å². The molecule has 1 amide bonds. The molecular weight excluding hydrogens is 260 g/mol. The number of nitrogens with zero attached hydrogens (tertiary/aromatic N) is 1. The lowest BCUT2D eigenvalue weighted by Crippen LogP contribution is -2.35. The van der Waals surface area contributed by atoms with Crippen molar-refractivity contribution in [3.8, 4) is 0 Å². The summed E-state index contributed by atoms with van der Waals surface area (Å²) < 4.78 is 0. The van der Waals surface area contributed by atoms with Crippen LogP contribution < -0.4 is 10.2 Å². The molecule has 0 atom stereocenters. The second kappa shape index (κ2) is 6.97. The first-order valence-corrected chi connectivity index (χ1v) is 8.44. The predicted octanol–water partition coefficient (Wildman–Crippen LogP) is 3.14. The van der Waals surface area contributed by atoms with E-state index >= 15 is 0 Å². The van der Waals surface area contributed by atoms with Crippen molar-refractivity contribution in [3.05, 3.63) is 29.8 Å². The summed E-state index contributed by atoms with van der Waals surface area (Å²) in [5, 5.41) is 3.06. The lowest BCUT2D eigenvalue weighted by molar-refractivity contribution is -0.127. The van der Waals surface area contributed by atoms with Crippen LogP contribution in [0, 0.1) is 5.92 Å². The van der Waals surface area contributed by atoms with Gasteiger partial charge in [0.25, 0.3) is 0 Å². The summed E-state index contributed by atoms with van der Waals surface area (Å²) in [5.41, 5.74) is 2.65. The first kappa shape index (κ1) is 14.4. The topological polar surface area (TPSA) is 32.3 Å². The van der Waals surface area contributed by atoms with E-state index in [0.717, 1.165) is 25.8 Å². The van der Waals surface area contributed by atoms with Crippen LogP contribution in [-0.2, 0) is 11.2 Å². The fourth-order valence-electron chi connectivity index (χ4n) is 3.17. The summed E-state index contributed by atoms with van der Waals surface area (Å²) in [4.78, 5) is 14.2. The van der Waals surface area contributed by atoms with Crippen LogP contribution in [0.3, 0.4) is 0 Å². The minimum Gasteiger partial charge on any atom is -0.372 e. The molecule has 0 aromatic heterocycles. The number of hydrogen-bond acceptors (Lipinski definition) is 2. The standard InChI is InChI=1S/C18H26N2O/c21-18(16-5-4-6-16)19-12-11-15-7-9-17(10-8-15)20-13-2-1-3-14-20/h7-10,16H,1-6,11-14H2,(H,19,21). The van der Waals surface area contributed by atoms with E-state index < -0.39 is 0 Å². The molecule has 2 aliphatic rings. The third-order valence-electron chi connectivity index (χ3n) is 4.85. The maximum atomic E-state index is 11.8. The highest BCUT2D eigenvalue weighted by molar-refractivity contribution is 5.79. The van der Waals surface area contributed by atoms with E-state index in [1.54, 1.807) is 0 Å². The number of amides is 1. The molecule has 21 heavy (non-hydrogen) atoms. The number of hydrogen-bond donors (Lipinski definition) is 1. The molecule has 1 aromatic rings.